The molecule has 0 unspecified atom stereocenters. The van der Waals surface area contributed by atoms with Gasteiger partial charge in [0.1, 0.15) is 24.5 Å². The van der Waals surface area contributed by atoms with Crippen LogP contribution in [0.2, 0.25) is 0 Å². The highest BCUT2D eigenvalue weighted by Gasteiger charge is 2.17. The normalized spacial score (nSPS) is 12.6. The van der Waals surface area contributed by atoms with Gasteiger partial charge in [0.25, 0.3) is 0 Å². The fraction of sp³-hybridized carbons (Fsp3) is 0.125. The fourth-order valence-electron chi connectivity index (χ4n) is 2.34. The van der Waals surface area contributed by atoms with Crippen molar-refractivity contribution in [3.8, 4) is 11.4 Å². The van der Waals surface area contributed by atoms with Crippen LogP contribution in [-0.2, 0) is 12.4 Å². The van der Waals surface area contributed by atoms with Crippen LogP contribution in [0.15, 0.2) is 59.8 Å². The lowest BCUT2D eigenvalue weighted by Gasteiger charge is -2.18. The summed E-state index contributed by atoms with van der Waals surface area (Å²) in [5.41, 5.74) is 2.29. The lowest BCUT2D eigenvalue weighted by molar-refractivity contribution is 0.305. The van der Waals surface area contributed by atoms with Crippen LogP contribution in [0.1, 0.15) is 11.4 Å². The van der Waals surface area contributed by atoms with Gasteiger partial charge in [0, 0.05) is 4.90 Å². The van der Waals surface area contributed by atoms with Gasteiger partial charge in [-0.15, -0.1) is 22.0 Å². The van der Waals surface area contributed by atoms with Gasteiger partial charge in [0.2, 0.25) is 0 Å². The zero-order valence-corrected chi connectivity index (χ0v) is 12.1. The zero-order chi connectivity index (χ0) is 14.1. The van der Waals surface area contributed by atoms with Gasteiger partial charge in [0.15, 0.2) is 0 Å². The number of fused-ring (bicyclic) bond motifs is 3. The zero-order valence-electron chi connectivity index (χ0n) is 11.3. The summed E-state index contributed by atoms with van der Waals surface area (Å²) in [5.74, 6) is 2.72. The van der Waals surface area contributed by atoms with E-state index in [0.717, 1.165) is 23.0 Å². The first kappa shape index (κ1) is 12.5. The van der Waals surface area contributed by atoms with Crippen molar-refractivity contribution < 1.29 is 4.74 Å². The Hall–Kier alpha value is -2.27. The van der Waals surface area contributed by atoms with Crippen molar-refractivity contribution in [1.29, 1.82) is 0 Å². The van der Waals surface area contributed by atoms with Crippen LogP contribution in [0, 0.1) is 0 Å². The Morgan fingerprint density at radius 2 is 2.05 bits per heavy atom. The van der Waals surface area contributed by atoms with Crippen molar-refractivity contribution >= 4 is 11.8 Å². The molecule has 0 spiro atoms. The quantitative estimate of drug-likeness (QED) is 0.742. The number of rotatable bonds is 3. The average Bonchev–Trinajstić information content (AvgIpc) is 3.02. The lowest BCUT2D eigenvalue weighted by Crippen LogP contribution is -2.06. The monoisotopic (exact) mass is 295 g/mol. The van der Waals surface area contributed by atoms with Gasteiger partial charge in [-0.3, -0.25) is 4.57 Å². The highest BCUT2D eigenvalue weighted by molar-refractivity contribution is 7.98. The van der Waals surface area contributed by atoms with Crippen molar-refractivity contribution in [3.05, 3.63) is 66.2 Å². The molecule has 0 saturated heterocycles. The highest BCUT2D eigenvalue weighted by Crippen LogP contribution is 2.36. The molecule has 2 heterocycles. The molecule has 5 heteroatoms. The van der Waals surface area contributed by atoms with Crippen molar-refractivity contribution in [2.24, 2.45) is 0 Å². The molecule has 3 aromatic rings. The van der Waals surface area contributed by atoms with Crippen LogP contribution in [0.5, 0.6) is 5.75 Å². The number of aromatic nitrogens is 3. The van der Waals surface area contributed by atoms with Crippen LogP contribution in [0.25, 0.3) is 5.69 Å². The molecule has 0 radical (unpaired) electrons. The van der Waals surface area contributed by atoms with E-state index in [1.54, 1.807) is 18.1 Å². The van der Waals surface area contributed by atoms with Gasteiger partial charge in [0.05, 0.1) is 11.4 Å². The minimum Gasteiger partial charge on any atom is -0.489 e. The number of ether oxygens (including phenoxy) is 1. The minimum atomic E-state index is 0.585. The lowest BCUT2D eigenvalue weighted by atomic mass is 10.2. The van der Waals surface area contributed by atoms with E-state index in [9.17, 15) is 0 Å². The first-order chi connectivity index (χ1) is 10.4. The Kier molecular flexibility index (Phi) is 3.12. The average molecular weight is 295 g/mol. The second-order valence-corrected chi connectivity index (χ2v) is 5.83. The van der Waals surface area contributed by atoms with Crippen molar-refractivity contribution in [3.63, 3.8) is 0 Å². The third kappa shape index (κ3) is 2.40. The van der Waals surface area contributed by atoms with Crippen LogP contribution in [0.4, 0.5) is 0 Å². The Morgan fingerprint density at radius 3 is 2.95 bits per heavy atom. The van der Waals surface area contributed by atoms with E-state index < -0.39 is 0 Å². The van der Waals surface area contributed by atoms with E-state index in [0.29, 0.717) is 6.61 Å². The van der Waals surface area contributed by atoms with Crippen LogP contribution < -0.4 is 4.74 Å². The molecule has 0 saturated carbocycles. The smallest absolute Gasteiger partial charge is 0.147 e. The summed E-state index contributed by atoms with van der Waals surface area (Å²) in [5, 5.41) is 8.08. The molecule has 21 heavy (non-hydrogen) atoms. The predicted octanol–water partition coefficient (Wildman–Crippen LogP) is 3.45. The second-order valence-electron chi connectivity index (χ2n) is 4.81. The third-order valence-electron chi connectivity index (χ3n) is 3.41. The van der Waals surface area contributed by atoms with E-state index in [2.05, 4.69) is 34.5 Å². The number of benzene rings is 2. The SMILES string of the molecule is c1ccc(COc2ccc3c(c2)SCc2nncn2-3)cc1. The van der Waals surface area contributed by atoms with Crippen LogP contribution >= 0.6 is 11.8 Å². The van der Waals surface area contributed by atoms with Gasteiger partial charge < -0.3 is 4.74 Å². The van der Waals surface area contributed by atoms with Crippen LogP contribution in [0.3, 0.4) is 0 Å². The molecule has 4 rings (SSSR count). The van der Waals surface area contributed by atoms with E-state index in [-0.39, 0.29) is 0 Å². The molecule has 2 aromatic carbocycles. The topological polar surface area (TPSA) is 39.9 Å². The van der Waals surface area contributed by atoms with Crippen molar-refractivity contribution in [2.45, 2.75) is 17.3 Å². The Balaban J connectivity index is 1.57. The molecule has 0 aliphatic carbocycles. The fourth-order valence-corrected chi connectivity index (χ4v) is 3.34. The molecule has 0 amide bonds. The van der Waals surface area contributed by atoms with E-state index in [1.807, 2.05) is 28.8 Å². The maximum absolute atomic E-state index is 5.87. The van der Waals surface area contributed by atoms with Gasteiger partial charge in [-0.2, -0.15) is 0 Å². The largest absolute Gasteiger partial charge is 0.489 e. The number of thioether (sulfide) groups is 1. The Bertz CT molecular complexity index is 770. The highest BCUT2D eigenvalue weighted by atomic mass is 32.2. The molecular weight excluding hydrogens is 282 g/mol. The molecule has 0 bridgehead atoms. The van der Waals surface area contributed by atoms with Crippen molar-refractivity contribution in [2.75, 3.05) is 0 Å². The Labute approximate surface area is 126 Å². The minimum absolute atomic E-state index is 0.585. The Morgan fingerprint density at radius 1 is 1.14 bits per heavy atom. The van der Waals surface area contributed by atoms with Gasteiger partial charge >= 0.3 is 0 Å². The first-order valence-corrected chi connectivity index (χ1v) is 7.71. The molecule has 1 aromatic heterocycles. The standard InChI is InChI=1S/C16H13N3OS/c1-2-4-12(5-3-1)9-20-13-6-7-14-15(8-13)21-10-16-18-17-11-19(14)16/h1-8,11H,9-10H2. The molecule has 1 aliphatic heterocycles. The summed E-state index contributed by atoms with van der Waals surface area (Å²) >= 11 is 1.77. The number of hydrogen-bond donors (Lipinski definition) is 0. The second kappa shape index (κ2) is 5.26. The molecule has 104 valence electrons. The summed E-state index contributed by atoms with van der Waals surface area (Å²) in [6.45, 7) is 0.585. The summed E-state index contributed by atoms with van der Waals surface area (Å²) in [4.78, 5) is 1.20. The molecular formula is C16H13N3OS. The first-order valence-electron chi connectivity index (χ1n) is 6.73. The number of hydrogen-bond acceptors (Lipinski definition) is 4. The maximum atomic E-state index is 5.87. The molecule has 0 fully saturated rings. The van der Waals surface area contributed by atoms with Gasteiger partial charge in [-0.25, -0.2) is 0 Å². The maximum Gasteiger partial charge on any atom is 0.147 e. The summed E-state index contributed by atoms with van der Waals surface area (Å²) in [7, 11) is 0. The molecule has 0 atom stereocenters. The molecule has 1 aliphatic rings. The summed E-state index contributed by atoms with van der Waals surface area (Å²) < 4.78 is 7.91. The summed E-state index contributed by atoms with van der Waals surface area (Å²) in [6.07, 6.45) is 1.76. The van der Waals surface area contributed by atoms with E-state index in [1.165, 1.54) is 10.5 Å². The third-order valence-corrected chi connectivity index (χ3v) is 4.45. The van der Waals surface area contributed by atoms with Gasteiger partial charge in [-0.1, -0.05) is 30.3 Å². The van der Waals surface area contributed by atoms with Crippen LogP contribution in [-0.4, -0.2) is 14.8 Å². The van der Waals surface area contributed by atoms with E-state index in [4.69, 9.17) is 4.74 Å². The van der Waals surface area contributed by atoms with Gasteiger partial charge in [-0.05, 0) is 23.8 Å². The predicted molar refractivity (Wildman–Crippen MR) is 81.7 cm³/mol. The molecule has 0 N–H and O–H groups in total. The number of nitrogens with zero attached hydrogens (tertiary/aromatic N) is 3. The summed E-state index contributed by atoms with van der Waals surface area (Å²) in [6, 6.07) is 16.3. The van der Waals surface area contributed by atoms with E-state index >= 15 is 0 Å². The molecule has 4 nitrogen and oxygen atoms in total. The van der Waals surface area contributed by atoms with Crippen molar-refractivity contribution in [1.82, 2.24) is 14.8 Å².